The zero-order chi connectivity index (χ0) is 7.40. The smallest absolute Gasteiger partial charge is 0.0946 e. The Labute approximate surface area is 74.0 Å². The quantitative estimate of drug-likeness (QED) is 0.687. The predicted octanol–water partition coefficient (Wildman–Crippen LogP) is 2.18. The minimum absolute atomic E-state index is 0. The lowest BCUT2D eigenvalue weighted by Crippen LogP contribution is -1.83. The fourth-order valence-electron chi connectivity index (χ4n) is 0.954. The van der Waals surface area contributed by atoms with E-state index >= 15 is 0 Å². The highest BCUT2D eigenvalue weighted by Crippen LogP contribution is 2.00. The summed E-state index contributed by atoms with van der Waals surface area (Å²) in [4.78, 5) is 4.22. The van der Waals surface area contributed by atoms with Crippen LogP contribution in [0.25, 0.3) is 0 Å². The normalized spacial score (nSPS) is 9.27. The molecule has 0 unspecified atom stereocenters. The zero-order valence-corrected chi connectivity index (χ0v) is 7.90. The molecule has 2 nitrogen and oxygen atoms in total. The van der Waals surface area contributed by atoms with Crippen LogP contribution in [-0.4, -0.2) is 9.55 Å². The van der Waals surface area contributed by atoms with Crippen molar-refractivity contribution in [2.45, 2.75) is 26.2 Å². The van der Waals surface area contributed by atoms with Crippen LogP contribution in [0, 0.1) is 0 Å². The third-order valence-electron chi connectivity index (χ3n) is 1.54. The van der Waals surface area contributed by atoms with Crippen LogP contribution >= 0.6 is 12.4 Å². The second kappa shape index (κ2) is 5.19. The Morgan fingerprint density at radius 2 is 2.27 bits per heavy atom. The lowest BCUT2D eigenvalue weighted by Gasteiger charge is -1.90. The number of unbranched alkanes of at least 4 members (excludes halogenated alkanes) is 1. The van der Waals surface area contributed by atoms with Crippen molar-refractivity contribution < 1.29 is 0 Å². The molecule has 0 N–H and O–H groups in total. The van der Waals surface area contributed by atoms with E-state index in [2.05, 4.69) is 18.1 Å². The summed E-state index contributed by atoms with van der Waals surface area (Å²) in [5.41, 5.74) is 1.21. The van der Waals surface area contributed by atoms with Crippen molar-refractivity contribution in [3.8, 4) is 0 Å². The predicted molar refractivity (Wildman–Crippen MR) is 49.1 cm³/mol. The molecule has 1 aromatic rings. The highest BCUT2D eigenvalue weighted by atomic mass is 35.5. The molecular formula is C8H15ClN2. The minimum atomic E-state index is 0. The van der Waals surface area contributed by atoms with Crippen LogP contribution < -0.4 is 0 Å². The second-order valence-electron chi connectivity index (χ2n) is 2.63. The Kier molecular flexibility index (Phi) is 4.95. The molecule has 0 amide bonds. The summed E-state index contributed by atoms with van der Waals surface area (Å²) in [5.74, 6) is 0. The van der Waals surface area contributed by atoms with Crippen molar-refractivity contribution in [2.24, 2.45) is 7.05 Å². The molecule has 64 valence electrons. The van der Waals surface area contributed by atoms with Gasteiger partial charge in [-0.1, -0.05) is 13.3 Å². The van der Waals surface area contributed by atoms with Crippen LogP contribution in [0.1, 0.15) is 25.5 Å². The van der Waals surface area contributed by atoms with E-state index in [1.54, 1.807) is 0 Å². The fourth-order valence-corrected chi connectivity index (χ4v) is 0.954. The lowest BCUT2D eigenvalue weighted by molar-refractivity contribution is 0.779. The molecule has 0 aliphatic rings. The summed E-state index contributed by atoms with van der Waals surface area (Å²) in [7, 11) is 2.00. The standard InChI is InChI=1S/C8H14N2.ClH/c1-3-4-5-8-6-10(2)7-9-8;/h6-7H,3-5H2,1-2H3;1H. The Balaban J connectivity index is 0.000001000. The highest BCUT2D eigenvalue weighted by molar-refractivity contribution is 5.85. The van der Waals surface area contributed by atoms with Crippen molar-refractivity contribution >= 4 is 12.4 Å². The molecule has 0 saturated carbocycles. The number of halogens is 1. The summed E-state index contributed by atoms with van der Waals surface area (Å²) < 4.78 is 1.99. The first-order chi connectivity index (χ1) is 4.83. The van der Waals surface area contributed by atoms with Gasteiger partial charge in [0.05, 0.1) is 12.0 Å². The minimum Gasteiger partial charge on any atom is -0.340 e. The van der Waals surface area contributed by atoms with Crippen molar-refractivity contribution in [3.63, 3.8) is 0 Å². The first-order valence-corrected chi connectivity index (χ1v) is 3.79. The van der Waals surface area contributed by atoms with Gasteiger partial charge in [0, 0.05) is 13.2 Å². The van der Waals surface area contributed by atoms with Gasteiger partial charge >= 0.3 is 0 Å². The fraction of sp³-hybridized carbons (Fsp3) is 0.625. The van der Waals surface area contributed by atoms with E-state index in [0.29, 0.717) is 0 Å². The van der Waals surface area contributed by atoms with E-state index in [-0.39, 0.29) is 12.4 Å². The Hall–Kier alpha value is -0.500. The average Bonchev–Trinajstić information content (AvgIpc) is 2.31. The number of aromatic nitrogens is 2. The summed E-state index contributed by atoms with van der Waals surface area (Å²) >= 11 is 0. The molecule has 0 saturated heterocycles. The van der Waals surface area contributed by atoms with Crippen molar-refractivity contribution in [2.75, 3.05) is 0 Å². The molecule has 0 fully saturated rings. The first kappa shape index (κ1) is 10.5. The van der Waals surface area contributed by atoms with E-state index in [0.717, 1.165) is 6.42 Å². The topological polar surface area (TPSA) is 17.8 Å². The van der Waals surface area contributed by atoms with Crippen molar-refractivity contribution in [1.29, 1.82) is 0 Å². The second-order valence-corrected chi connectivity index (χ2v) is 2.63. The average molecular weight is 175 g/mol. The maximum atomic E-state index is 4.22. The van der Waals surface area contributed by atoms with Crippen LogP contribution in [0.5, 0.6) is 0 Å². The molecule has 0 radical (unpaired) electrons. The van der Waals surface area contributed by atoms with Gasteiger partial charge in [0.25, 0.3) is 0 Å². The molecule has 0 atom stereocenters. The molecule has 1 heterocycles. The zero-order valence-electron chi connectivity index (χ0n) is 7.08. The van der Waals surface area contributed by atoms with Crippen LogP contribution in [0.3, 0.4) is 0 Å². The monoisotopic (exact) mass is 174 g/mol. The molecule has 1 rings (SSSR count). The van der Waals surface area contributed by atoms with Crippen LogP contribution in [0.15, 0.2) is 12.5 Å². The highest BCUT2D eigenvalue weighted by Gasteiger charge is 1.93. The van der Waals surface area contributed by atoms with Gasteiger partial charge in [0.2, 0.25) is 0 Å². The van der Waals surface area contributed by atoms with Gasteiger partial charge in [-0.3, -0.25) is 0 Å². The third-order valence-corrected chi connectivity index (χ3v) is 1.54. The van der Waals surface area contributed by atoms with E-state index in [4.69, 9.17) is 0 Å². The summed E-state index contributed by atoms with van der Waals surface area (Å²) in [5, 5.41) is 0. The number of nitrogens with zero attached hydrogens (tertiary/aromatic N) is 2. The number of hydrogen-bond donors (Lipinski definition) is 0. The molecule has 0 spiro atoms. The van der Waals surface area contributed by atoms with Gasteiger partial charge in [-0.25, -0.2) is 4.98 Å². The van der Waals surface area contributed by atoms with Gasteiger partial charge in [0.15, 0.2) is 0 Å². The summed E-state index contributed by atoms with van der Waals surface area (Å²) in [6.07, 6.45) is 7.55. The lowest BCUT2D eigenvalue weighted by atomic mass is 10.2. The number of rotatable bonds is 3. The van der Waals surface area contributed by atoms with Crippen LogP contribution in [0.4, 0.5) is 0 Å². The van der Waals surface area contributed by atoms with E-state index in [9.17, 15) is 0 Å². The number of imidazole rings is 1. The number of hydrogen-bond acceptors (Lipinski definition) is 1. The Bertz CT molecular complexity index is 196. The van der Waals surface area contributed by atoms with Crippen molar-refractivity contribution in [3.05, 3.63) is 18.2 Å². The van der Waals surface area contributed by atoms with Gasteiger partial charge in [-0.15, -0.1) is 12.4 Å². The molecule has 0 aliphatic carbocycles. The Morgan fingerprint density at radius 1 is 1.55 bits per heavy atom. The largest absolute Gasteiger partial charge is 0.340 e. The summed E-state index contributed by atoms with van der Waals surface area (Å²) in [6.45, 7) is 2.20. The SMILES string of the molecule is CCCCc1cn(C)cn1.Cl. The van der Waals surface area contributed by atoms with E-state index in [1.165, 1.54) is 18.5 Å². The molecule has 1 aromatic heterocycles. The molecule has 11 heavy (non-hydrogen) atoms. The molecule has 3 heteroatoms. The molecule has 0 aromatic carbocycles. The maximum Gasteiger partial charge on any atom is 0.0946 e. The van der Waals surface area contributed by atoms with Crippen LogP contribution in [0.2, 0.25) is 0 Å². The molecular weight excluding hydrogens is 160 g/mol. The van der Waals surface area contributed by atoms with Gasteiger partial charge in [0.1, 0.15) is 0 Å². The van der Waals surface area contributed by atoms with Gasteiger partial charge in [-0.05, 0) is 12.8 Å². The van der Waals surface area contributed by atoms with E-state index < -0.39 is 0 Å². The summed E-state index contributed by atoms with van der Waals surface area (Å²) in [6, 6.07) is 0. The van der Waals surface area contributed by atoms with Crippen LogP contribution in [-0.2, 0) is 13.5 Å². The third kappa shape index (κ3) is 3.42. The Morgan fingerprint density at radius 3 is 2.73 bits per heavy atom. The van der Waals surface area contributed by atoms with Crippen molar-refractivity contribution in [1.82, 2.24) is 9.55 Å². The molecule has 0 bridgehead atoms. The first-order valence-electron chi connectivity index (χ1n) is 3.79. The molecule has 0 aliphatic heterocycles. The maximum absolute atomic E-state index is 4.22. The van der Waals surface area contributed by atoms with Gasteiger partial charge < -0.3 is 4.57 Å². The number of aryl methyl sites for hydroxylation is 2. The van der Waals surface area contributed by atoms with Gasteiger partial charge in [-0.2, -0.15) is 0 Å². The van der Waals surface area contributed by atoms with E-state index in [1.807, 2.05) is 17.9 Å².